The van der Waals surface area contributed by atoms with E-state index >= 15 is 0 Å². The van der Waals surface area contributed by atoms with Crippen LogP contribution in [0.5, 0.6) is 0 Å². The first kappa shape index (κ1) is 15.8. The van der Waals surface area contributed by atoms with Gasteiger partial charge in [0.1, 0.15) is 0 Å². The van der Waals surface area contributed by atoms with Crippen molar-refractivity contribution in [1.82, 2.24) is 0 Å². The third-order valence-electron chi connectivity index (χ3n) is 0. The molecule has 0 heterocycles. The molecule has 0 unspecified atom stereocenters. The summed E-state index contributed by atoms with van der Waals surface area (Å²) < 4.78 is 8.66. The molecular weight excluding hydrogens is 311 g/mol. The van der Waals surface area contributed by atoms with Gasteiger partial charge in [-0.3, -0.25) is 0 Å². The van der Waals surface area contributed by atoms with Crippen molar-refractivity contribution in [1.29, 1.82) is 0 Å². The van der Waals surface area contributed by atoms with E-state index in [0.29, 0.717) is 0 Å². The summed E-state index contributed by atoms with van der Waals surface area (Å²) >= 11 is 0. The van der Waals surface area contributed by atoms with Crippen LogP contribution in [0.2, 0.25) is 0 Å². The standard InChI is InChI=1S/2Ag.H3O4P/c;;1-5(2,3)4/h;;(H3,1,2,3,4)/q2*+1;/p-2. The summed E-state index contributed by atoms with van der Waals surface area (Å²) in [6.45, 7) is 0. The molecule has 0 aliphatic heterocycles. The Morgan fingerprint density at radius 1 is 1.29 bits per heavy atom. The Bertz CT molecular complexity index is 55.8. The molecule has 0 aromatic carbocycles. The van der Waals surface area contributed by atoms with Gasteiger partial charge in [0.25, 0.3) is 0 Å². The van der Waals surface area contributed by atoms with E-state index in [2.05, 4.69) is 0 Å². The van der Waals surface area contributed by atoms with Crippen molar-refractivity contribution in [3.8, 4) is 0 Å². The average molecular weight is 312 g/mol. The molecule has 0 aromatic rings. The van der Waals surface area contributed by atoms with Crippen LogP contribution >= 0.6 is 7.82 Å². The maximum atomic E-state index is 8.66. The third kappa shape index (κ3) is 93.8. The SMILES string of the molecule is O=P([O-])([O-])O.[Ag+].[Ag+]. The summed E-state index contributed by atoms with van der Waals surface area (Å²) in [5.41, 5.74) is 0. The predicted molar refractivity (Wildman–Crippen MR) is 9.83 cm³/mol. The van der Waals surface area contributed by atoms with Gasteiger partial charge in [-0.2, -0.15) is 0 Å². The number of rotatable bonds is 0. The van der Waals surface area contributed by atoms with Crippen molar-refractivity contribution < 1.29 is 64.0 Å². The van der Waals surface area contributed by atoms with Crippen molar-refractivity contribution in [2.45, 2.75) is 0 Å². The van der Waals surface area contributed by atoms with Gasteiger partial charge in [0.15, 0.2) is 0 Å². The fourth-order valence-corrected chi connectivity index (χ4v) is 0. The molecule has 0 spiro atoms. The van der Waals surface area contributed by atoms with Crippen LogP contribution in [-0.2, 0) is 49.3 Å². The Labute approximate surface area is 71.6 Å². The molecule has 1 N–H and O–H groups in total. The number of hydrogen-bond acceptors (Lipinski definition) is 3. The van der Waals surface area contributed by atoms with Crippen molar-refractivity contribution in [2.24, 2.45) is 0 Å². The van der Waals surface area contributed by atoms with Crippen LogP contribution in [0.25, 0.3) is 0 Å². The molecule has 0 atom stereocenters. The molecule has 0 saturated carbocycles. The maximum absolute atomic E-state index is 8.66. The molecule has 0 bridgehead atoms. The normalized spacial score (nSPS) is 8.43. The molecule has 0 aromatic heterocycles. The van der Waals surface area contributed by atoms with Crippen LogP contribution in [0.4, 0.5) is 0 Å². The smallest absolute Gasteiger partial charge is 0.790 e. The average Bonchev–Trinajstić information content (AvgIpc) is 0.722. The van der Waals surface area contributed by atoms with Crippen LogP contribution in [0.3, 0.4) is 0 Å². The predicted octanol–water partition coefficient (Wildman–Crippen LogP) is -2.20. The summed E-state index contributed by atoms with van der Waals surface area (Å²) in [7, 11) is -5.14. The van der Waals surface area contributed by atoms with Gasteiger partial charge in [-0.15, -0.1) is 0 Å². The molecule has 0 fully saturated rings. The van der Waals surface area contributed by atoms with Gasteiger partial charge in [0.05, 0.1) is 7.82 Å². The molecule has 0 radical (unpaired) electrons. The van der Waals surface area contributed by atoms with E-state index in [9.17, 15) is 0 Å². The molecule has 7 heavy (non-hydrogen) atoms. The fourth-order valence-electron chi connectivity index (χ4n) is 0. The number of phosphoric acid groups is 1. The van der Waals surface area contributed by atoms with E-state index in [1.807, 2.05) is 0 Å². The summed E-state index contributed by atoms with van der Waals surface area (Å²) in [6, 6.07) is 0. The van der Waals surface area contributed by atoms with Gasteiger partial charge in [-0.05, 0) is 0 Å². The van der Waals surface area contributed by atoms with Crippen LogP contribution in [0, 0.1) is 0 Å². The second-order valence-electron chi connectivity index (χ2n) is 0.469. The van der Waals surface area contributed by atoms with Gasteiger partial charge in [-0.25, -0.2) is 0 Å². The summed E-state index contributed by atoms with van der Waals surface area (Å²) in [6.07, 6.45) is 0. The van der Waals surface area contributed by atoms with Crippen LogP contribution in [-0.4, -0.2) is 4.89 Å². The zero-order chi connectivity index (χ0) is 4.50. The first-order chi connectivity index (χ1) is 2.00. The summed E-state index contributed by atoms with van der Waals surface area (Å²) in [4.78, 5) is 24.3. The van der Waals surface area contributed by atoms with Crippen molar-refractivity contribution >= 4 is 7.82 Å². The molecule has 0 saturated heterocycles. The van der Waals surface area contributed by atoms with E-state index in [4.69, 9.17) is 19.2 Å². The van der Waals surface area contributed by atoms with Crippen molar-refractivity contribution in [2.75, 3.05) is 0 Å². The van der Waals surface area contributed by atoms with Gasteiger partial charge < -0.3 is 19.2 Å². The Morgan fingerprint density at radius 3 is 1.29 bits per heavy atom. The first-order valence-corrected chi connectivity index (χ1v) is 2.24. The minimum Gasteiger partial charge on any atom is -0.790 e. The van der Waals surface area contributed by atoms with Crippen molar-refractivity contribution in [3.05, 3.63) is 0 Å². The molecule has 7 heteroatoms. The molecule has 52 valence electrons. The molecule has 4 nitrogen and oxygen atoms in total. The molecule has 0 rings (SSSR count). The van der Waals surface area contributed by atoms with Crippen LogP contribution < -0.4 is 9.79 Å². The van der Waals surface area contributed by atoms with Crippen LogP contribution in [0.1, 0.15) is 0 Å². The fraction of sp³-hybridized carbons (Fsp3) is 0. The molecule has 0 aliphatic rings. The van der Waals surface area contributed by atoms with Gasteiger partial charge in [-0.1, -0.05) is 0 Å². The Kier molecular flexibility index (Phi) is 12.9. The van der Waals surface area contributed by atoms with Gasteiger partial charge in [0.2, 0.25) is 0 Å². The van der Waals surface area contributed by atoms with E-state index in [0.717, 1.165) is 0 Å². The first-order valence-electron chi connectivity index (χ1n) is 0.748. The number of hydrogen-bond donors (Lipinski definition) is 1. The topological polar surface area (TPSA) is 83.4 Å². The monoisotopic (exact) mass is 310 g/mol. The van der Waals surface area contributed by atoms with E-state index in [-0.39, 0.29) is 44.8 Å². The molecule has 0 amide bonds. The zero-order valence-electron chi connectivity index (χ0n) is 2.72. The minimum atomic E-state index is -5.14. The third-order valence-corrected chi connectivity index (χ3v) is 0. The van der Waals surface area contributed by atoms with E-state index < -0.39 is 7.82 Å². The zero-order valence-corrected chi connectivity index (χ0v) is 6.58. The van der Waals surface area contributed by atoms with Gasteiger partial charge in [0, 0.05) is 0 Å². The van der Waals surface area contributed by atoms with Crippen molar-refractivity contribution in [3.63, 3.8) is 0 Å². The van der Waals surface area contributed by atoms with E-state index in [1.165, 1.54) is 0 Å². The minimum absolute atomic E-state index is 0. The molecule has 0 aliphatic carbocycles. The van der Waals surface area contributed by atoms with Crippen LogP contribution in [0.15, 0.2) is 0 Å². The quantitative estimate of drug-likeness (QED) is 0.407. The summed E-state index contributed by atoms with van der Waals surface area (Å²) in [5, 5.41) is 0. The van der Waals surface area contributed by atoms with Gasteiger partial charge >= 0.3 is 44.8 Å². The second-order valence-corrected chi connectivity index (χ2v) is 1.41. The summed E-state index contributed by atoms with van der Waals surface area (Å²) in [5.74, 6) is 0. The second kappa shape index (κ2) is 5.72. The maximum Gasteiger partial charge on any atom is 1.00 e. The Hall–Kier alpha value is 1.59. The Balaban J connectivity index is -0.0000000800. The largest absolute Gasteiger partial charge is 1.00 e. The Morgan fingerprint density at radius 2 is 1.29 bits per heavy atom. The van der Waals surface area contributed by atoms with E-state index in [1.54, 1.807) is 0 Å². The molecular formula is HAg2O4P.